The first-order valence-corrected chi connectivity index (χ1v) is 4.79. The van der Waals surface area contributed by atoms with Crippen molar-refractivity contribution < 1.29 is 19.3 Å². The minimum atomic E-state index is -0.635. The summed E-state index contributed by atoms with van der Waals surface area (Å²) in [6.07, 6.45) is 1.89. The molecule has 2 saturated heterocycles. The van der Waals surface area contributed by atoms with Gasteiger partial charge in [-0.2, -0.15) is 0 Å². The monoisotopic (exact) mass is 188 g/mol. The van der Waals surface area contributed by atoms with Gasteiger partial charge in [-0.25, -0.2) is 0 Å². The van der Waals surface area contributed by atoms with Gasteiger partial charge in [-0.05, 0) is 19.8 Å². The molecule has 2 heterocycles. The van der Waals surface area contributed by atoms with Crippen molar-refractivity contribution in [1.29, 1.82) is 0 Å². The van der Waals surface area contributed by atoms with E-state index in [0.29, 0.717) is 6.61 Å². The smallest absolute Gasteiger partial charge is 0.192 e. The molecule has 4 nitrogen and oxygen atoms in total. The third kappa shape index (κ3) is 1.72. The highest BCUT2D eigenvalue weighted by atomic mass is 16.8. The van der Waals surface area contributed by atoms with Gasteiger partial charge in [0.15, 0.2) is 5.79 Å². The molecule has 0 radical (unpaired) electrons. The number of ether oxygens (including phenoxy) is 3. The molecular formula is C9H16O4. The van der Waals surface area contributed by atoms with E-state index < -0.39 is 5.79 Å². The van der Waals surface area contributed by atoms with Gasteiger partial charge in [0.1, 0.15) is 12.2 Å². The standard InChI is InChI=1S/C9H16O4/c1-9(8-3-2-4-11-8)12-6-7(5-10)13-9/h7-8,10H,2-6H2,1H3. The summed E-state index contributed by atoms with van der Waals surface area (Å²) in [6, 6.07) is 0. The van der Waals surface area contributed by atoms with Crippen LogP contribution in [0.1, 0.15) is 19.8 Å². The molecule has 0 saturated carbocycles. The molecule has 0 amide bonds. The maximum Gasteiger partial charge on any atom is 0.192 e. The van der Waals surface area contributed by atoms with Gasteiger partial charge in [-0.1, -0.05) is 0 Å². The Morgan fingerprint density at radius 1 is 1.54 bits per heavy atom. The van der Waals surface area contributed by atoms with Crippen molar-refractivity contribution in [2.75, 3.05) is 19.8 Å². The molecule has 2 fully saturated rings. The number of rotatable bonds is 2. The van der Waals surface area contributed by atoms with Crippen LogP contribution in [0.3, 0.4) is 0 Å². The summed E-state index contributed by atoms with van der Waals surface area (Å²) in [5, 5.41) is 8.90. The second-order valence-electron chi connectivity index (χ2n) is 3.75. The van der Waals surface area contributed by atoms with E-state index >= 15 is 0 Å². The SMILES string of the molecule is CC1(C2CCCO2)OCC(CO)O1. The normalized spacial score (nSPS) is 45.7. The summed E-state index contributed by atoms with van der Waals surface area (Å²) in [5.41, 5.74) is 0. The summed E-state index contributed by atoms with van der Waals surface area (Å²) in [7, 11) is 0. The predicted octanol–water partition coefficient (Wildman–Crippen LogP) is 0.289. The lowest BCUT2D eigenvalue weighted by atomic mass is 10.1. The molecule has 2 aliphatic rings. The topological polar surface area (TPSA) is 47.9 Å². The van der Waals surface area contributed by atoms with Crippen LogP contribution in [0.2, 0.25) is 0 Å². The van der Waals surface area contributed by atoms with Crippen LogP contribution < -0.4 is 0 Å². The Hall–Kier alpha value is -0.160. The minimum Gasteiger partial charge on any atom is -0.394 e. The number of hydrogen-bond donors (Lipinski definition) is 1. The van der Waals surface area contributed by atoms with Gasteiger partial charge < -0.3 is 19.3 Å². The second-order valence-corrected chi connectivity index (χ2v) is 3.75. The predicted molar refractivity (Wildman–Crippen MR) is 45.3 cm³/mol. The lowest BCUT2D eigenvalue weighted by molar-refractivity contribution is -0.219. The average molecular weight is 188 g/mol. The van der Waals surface area contributed by atoms with Crippen molar-refractivity contribution in [3.8, 4) is 0 Å². The fraction of sp³-hybridized carbons (Fsp3) is 1.00. The fourth-order valence-electron chi connectivity index (χ4n) is 1.91. The maximum atomic E-state index is 8.90. The summed E-state index contributed by atoms with van der Waals surface area (Å²) in [6.45, 7) is 3.16. The van der Waals surface area contributed by atoms with Crippen LogP contribution >= 0.6 is 0 Å². The van der Waals surface area contributed by atoms with Crippen LogP contribution in [0.4, 0.5) is 0 Å². The molecule has 1 N–H and O–H groups in total. The molecule has 13 heavy (non-hydrogen) atoms. The minimum absolute atomic E-state index is 0.0162. The lowest BCUT2D eigenvalue weighted by Gasteiger charge is -2.28. The van der Waals surface area contributed by atoms with E-state index in [1.165, 1.54) is 0 Å². The van der Waals surface area contributed by atoms with Gasteiger partial charge in [-0.15, -0.1) is 0 Å². The summed E-state index contributed by atoms with van der Waals surface area (Å²) in [5.74, 6) is -0.635. The van der Waals surface area contributed by atoms with Gasteiger partial charge >= 0.3 is 0 Å². The van der Waals surface area contributed by atoms with Gasteiger partial charge in [0.25, 0.3) is 0 Å². The zero-order valence-electron chi connectivity index (χ0n) is 7.86. The Kier molecular flexibility index (Phi) is 2.55. The second kappa shape index (κ2) is 3.53. The van der Waals surface area contributed by atoms with Crippen LogP contribution in [0.25, 0.3) is 0 Å². The van der Waals surface area contributed by atoms with Crippen molar-refractivity contribution in [2.45, 2.75) is 37.8 Å². The van der Waals surface area contributed by atoms with Crippen molar-refractivity contribution in [3.63, 3.8) is 0 Å². The number of aliphatic hydroxyl groups is 1. The maximum absolute atomic E-state index is 8.90. The largest absolute Gasteiger partial charge is 0.394 e. The summed E-state index contributed by atoms with van der Waals surface area (Å²) in [4.78, 5) is 0. The number of aliphatic hydroxyl groups excluding tert-OH is 1. The Balaban J connectivity index is 1.96. The fourth-order valence-corrected chi connectivity index (χ4v) is 1.91. The van der Waals surface area contributed by atoms with Crippen molar-refractivity contribution in [2.24, 2.45) is 0 Å². The van der Waals surface area contributed by atoms with Crippen LogP contribution in [0.15, 0.2) is 0 Å². The van der Waals surface area contributed by atoms with Gasteiger partial charge in [-0.3, -0.25) is 0 Å². The lowest BCUT2D eigenvalue weighted by Crippen LogP contribution is -2.40. The van der Waals surface area contributed by atoms with E-state index in [1.54, 1.807) is 0 Å². The molecule has 0 aromatic rings. The highest BCUT2D eigenvalue weighted by molar-refractivity contribution is 4.85. The van der Waals surface area contributed by atoms with E-state index in [1.807, 2.05) is 6.92 Å². The van der Waals surface area contributed by atoms with E-state index in [0.717, 1.165) is 19.4 Å². The van der Waals surface area contributed by atoms with E-state index in [-0.39, 0.29) is 18.8 Å². The van der Waals surface area contributed by atoms with Crippen LogP contribution in [-0.2, 0) is 14.2 Å². The van der Waals surface area contributed by atoms with Gasteiger partial charge in [0.05, 0.1) is 13.2 Å². The molecule has 2 rings (SSSR count). The average Bonchev–Trinajstić information content (AvgIpc) is 2.72. The molecule has 4 heteroatoms. The zero-order valence-corrected chi connectivity index (χ0v) is 7.86. The Morgan fingerprint density at radius 3 is 2.92 bits per heavy atom. The number of hydrogen-bond acceptors (Lipinski definition) is 4. The molecular weight excluding hydrogens is 172 g/mol. The molecule has 76 valence electrons. The van der Waals surface area contributed by atoms with E-state index in [2.05, 4.69) is 0 Å². The molecule has 0 bridgehead atoms. The van der Waals surface area contributed by atoms with E-state index in [9.17, 15) is 0 Å². The van der Waals surface area contributed by atoms with Crippen LogP contribution in [-0.4, -0.2) is 42.9 Å². The Bertz CT molecular complexity index is 178. The Labute approximate surface area is 77.8 Å². The molecule has 0 aliphatic carbocycles. The Morgan fingerprint density at radius 2 is 2.38 bits per heavy atom. The highest BCUT2D eigenvalue weighted by Gasteiger charge is 2.45. The van der Waals surface area contributed by atoms with Crippen LogP contribution in [0, 0.1) is 0 Å². The first-order valence-electron chi connectivity index (χ1n) is 4.79. The first kappa shape index (κ1) is 9.40. The van der Waals surface area contributed by atoms with Crippen molar-refractivity contribution >= 4 is 0 Å². The molecule has 3 atom stereocenters. The van der Waals surface area contributed by atoms with Gasteiger partial charge in [0.2, 0.25) is 0 Å². The third-order valence-corrected chi connectivity index (χ3v) is 2.67. The quantitative estimate of drug-likeness (QED) is 0.676. The third-order valence-electron chi connectivity index (χ3n) is 2.67. The molecule has 3 unspecified atom stereocenters. The highest BCUT2D eigenvalue weighted by Crippen LogP contribution is 2.33. The van der Waals surface area contributed by atoms with E-state index in [4.69, 9.17) is 19.3 Å². The molecule has 0 aromatic heterocycles. The zero-order chi connectivity index (χ0) is 9.31. The first-order chi connectivity index (χ1) is 6.24. The van der Waals surface area contributed by atoms with Crippen molar-refractivity contribution in [1.82, 2.24) is 0 Å². The summed E-state index contributed by atoms with van der Waals surface area (Å²) < 4.78 is 16.6. The molecule has 0 spiro atoms. The molecule has 0 aromatic carbocycles. The summed E-state index contributed by atoms with van der Waals surface area (Å²) >= 11 is 0. The van der Waals surface area contributed by atoms with Crippen LogP contribution in [0.5, 0.6) is 0 Å². The molecule has 2 aliphatic heterocycles. The van der Waals surface area contributed by atoms with Crippen molar-refractivity contribution in [3.05, 3.63) is 0 Å². The van der Waals surface area contributed by atoms with Gasteiger partial charge in [0, 0.05) is 6.61 Å².